The van der Waals surface area contributed by atoms with Gasteiger partial charge in [0.2, 0.25) is 10.0 Å². The topological polar surface area (TPSA) is 66.5 Å². The van der Waals surface area contributed by atoms with Crippen molar-refractivity contribution in [1.82, 2.24) is 9.62 Å². The van der Waals surface area contributed by atoms with E-state index in [4.69, 9.17) is 11.6 Å². The fourth-order valence-corrected chi connectivity index (χ4v) is 7.68. The maximum Gasteiger partial charge on any atom is 0.331 e. The first kappa shape index (κ1) is 45.5. The fraction of sp³-hybridized carbons (Fsp3) is 0.974. The van der Waals surface area contributed by atoms with Crippen molar-refractivity contribution in [3.8, 4) is 0 Å². The molecular weight excluding hydrogens is 612 g/mol. The van der Waals surface area contributed by atoms with Crippen molar-refractivity contribution in [2.45, 2.75) is 219 Å². The number of nitrogens with one attached hydrogen (secondary N) is 1. The Morgan fingerprint density at radius 3 is 0.935 bits per heavy atom. The van der Waals surface area contributed by atoms with Crippen LogP contribution in [-0.4, -0.2) is 44.1 Å². The maximum absolute atomic E-state index is 12.8. The highest BCUT2D eigenvalue weighted by Gasteiger charge is 2.19. The minimum absolute atomic E-state index is 0.0130. The molecule has 0 saturated heterocycles. The summed E-state index contributed by atoms with van der Waals surface area (Å²) in [6.07, 6.45) is 42.1. The Kier molecular flexibility index (Phi) is 35.4. The minimum Gasteiger partial charge on any atom is -0.324 e. The summed E-state index contributed by atoms with van der Waals surface area (Å²) in [6.45, 7) is 5.80. The Morgan fingerprint density at radius 2 is 0.696 bits per heavy atom. The van der Waals surface area contributed by atoms with Gasteiger partial charge in [-0.3, -0.25) is 0 Å². The molecule has 0 aromatic rings. The Bertz CT molecular complexity index is 699. The first-order valence-electron chi connectivity index (χ1n) is 20.3. The lowest BCUT2D eigenvalue weighted by molar-refractivity contribution is 0.201. The first-order chi connectivity index (χ1) is 22.5. The molecule has 0 saturated carbocycles. The van der Waals surface area contributed by atoms with E-state index in [0.717, 1.165) is 25.7 Å². The largest absolute Gasteiger partial charge is 0.331 e. The van der Waals surface area contributed by atoms with Crippen LogP contribution in [0.2, 0.25) is 0 Å². The molecule has 0 unspecified atom stereocenters. The van der Waals surface area contributed by atoms with Crippen molar-refractivity contribution in [2.75, 3.05) is 24.7 Å². The number of alkyl halides is 1. The Labute approximate surface area is 293 Å². The second-order valence-electron chi connectivity index (χ2n) is 14.0. The number of halogens is 1. The van der Waals surface area contributed by atoms with E-state index in [0.29, 0.717) is 13.1 Å². The van der Waals surface area contributed by atoms with E-state index in [1.54, 1.807) is 4.90 Å². The summed E-state index contributed by atoms with van der Waals surface area (Å²) in [5.41, 5.74) is 0. The molecule has 0 aliphatic carbocycles. The number of amides is 2. The molecule has 0 bridgehead atoms. The zero-order valence-corrected chi connectivity index (χ0v) is 32.5. The van der Waals surface area contributed by atoms with Crippen LogP contribution in [0.15, 0.2) is 0 Å². The molecule has 5 nitrogen and oxygen atoms in total. The van der Waals surface area contributed by atoms with E-state index in [2.05, 4.69) is 18.6 Å². The molecule has 7 heteroatoms. The number of hydrogen-bond acceptors (Lipinski definition) is 3. The van der Waals surface area contributed by atoms with Crippen molar-refractivity contribution in [3.63, 3.8) is 0 Å². The fourth-order valence-electron chi connectivity index (χ4n) is 6.37. The number of carbonyl (C=O) groups is 1. The van der Waals surface area contributed by atoms with Crippen molar-refractivity contribution in [2.24, 2.45) is 0 Å². The summed E-state index contributed by atoms with van der Waals surface area (Å²) >= 11 is 5.63. The molecule has 0 aliphatic heterocycles. The second kappa shape index (κ2) is 35.8. The molecule has 1 N–H and O–H groups in total. The quantitative estimate of drug-likeness (QED) is 0.0521. The van der Waals surface area contributed by atoms with E-state index >= 15 is 0 Å². The predicted molar refractivity (Wildman–Crippen MR) is 204 cm³/mol. The molecule has 0 heterocycles. The van der Waals surface area contributed by atoms with Gasteiger partial charge in [-0.15, -0.1) is 11.6 Å². The number of urea groups is 1. The van der Waals surface area contributed by atoms with Crippen LogP contribution >= 0.6 is 11.6 Å². The van der Waals surface area contributed by atoms with E-state index in [9.17, 15) is 13.2 Å². The molecule has 0 atom stereocenters. The number of sulfonamides is 1. The van der Waals surface area contributed by atoms with Gasteiger partial charge in [-0.25, -0.2) is 17.9 Å². The van der Waals surface area contributed by atoms with Gasteiger partial charge in [-0.1, -0.05) is 206 Å². The molecule has 46 heavy (non-hydrogen) atoms. The lowest BCUT2D eigenvalue weighted by atomic mass is 10.0. The number of nitrogens with zero attached hydrogens (tertiary/aromatic N) is 1. The monoisotopic (exact) mass is 691 g/mol. The molecule has 2 amide bonds. The summed E-state index contributed by atoms with van der Waals surface area (Å²) in [6, 6.07) is -0.480. The number of rotatable bonds is 37. The molecule has 0 fully saturated rings. The van der Waals surface area contributed by atoms with Gasteiger partial charge in [-0.2, -0.15) is 0 Å². The Morgan fingerprint density at radius 1 is 0.457 bits per heavy atom. The number of unbranched alkanes of at least 4 members (excludes halogenated alkanes) is 30. The van der Waals surface area contributed by atoms with Crippen LogP contribution in [0.25, 0.3) is 0 Å². The van der Waals surface area contributed by atoms with E-state index in [-0.39, 0.29) is 11.6 Å². The molecule has 0 aromatic carbocycles. The van der Waals surface area contributed by atoms with Crippen LogP contribution in [0.4, 0.5) is 4.79 Å². The molecule has 0 radical (unpaired) electrons. The van der Waals surface area contributed by atoms with E-state index in [1.807, 2.05) is 0 Å². The van der Waals surface area contributed by atoms with Gasteiger partial charge in [-0.05, 0) is 12.8 Å². The summed E-state index contributed by atoms with van der Waals surface area (Å²) in [4.78, 5) is 14.5. The van der Waals surface area contributed by atoms with Crippen molar-refractivity contribution in [3.05, 3.63) is 0 Å². The third-order valence-corrected chi connectivity index (χ3v) is 11.1. The van der Waals surface area contributed by atoms with Gasteiger partial charge < -0.3 is 4.90 Å². The highest BCUT2D eigenvalue weighted by Crippen LogP contribution is 2.16. The van der Waals surface area contributed by atoms with Gasteiger partial charge in [0, 0.05) is 19.0 Å². The Hall–Kier alpha value is -0.490. The van der Waals surface area contributed by atoms with Gasteiger partial charge in [0.05, 0.1) is 5.75 Å². The summed E-state index contributed by atoms with van der Waals surface area (Å²) in [5.74, 6) is -0.243. The lowest BCUT2D eigenvalue weighted by Crippen LogP contribution is -2.44. The summed E-state index contributed by atoms with van der Waals surface area (Å²) in [7, 11) is -3.67. The summed E-state index contributed by atoms with van der Waals surface area (Å²) < 4.78 is 26.5. The Balaban J connectivity index is 3.96. The second-order valence-corrected chi connectivity index (χ2v) is 16.2. The molecule has 0 spiro atoms. The van der Waals surface area contributed by atoms with E-state index in [1.165, 1.54) is 180 Å². The normalized spacial score (nSPS) is 11.7. The highest BCUT2D eigenvalue weighted by molar-refractivity contribution is 7.90. The number of carbonyl (C=O) groups excluding carboxylic acids is 1. The van der Waals surface area contributed by atoms with Crippen LogP contribution in [0.3, 0.4) is 0 Å². The number of hydrogen-bond donors (Lipinski definition) is 1. The van der Waals surface area contributed by atoms with Crippen molar-refractivity contribution >= 4 is 27.7 Å². The third kappa shape index (κ3) is 33.4. The molecule has 0 aliphatic rings. The molecule has 0 aromatic heterocycles. The summed E-state index contributed by atoms with van der Waals surface area (Å²) in [5, 5.41) is 0. The zero-order valence-electron chi connectivity index (χ0n) is 30.9. The van der Waals surface area contributed by atoms with Crippen LogP contribution in [-0.2, 0) is 10.0 Å². The predicted octanol–water partition coefficient (Wildman–Crippen LogP) is 13.1. The average Bonchev–Trinajstić information content (AvgIpc) is 3.03. The van der Waals surface area contributed by atoms with Crippen LogP contribution in [0, 0.1) is 0 Å². The highest BCUT2D eigenvalue weighted by atomic mass is 35.5. The van der Waals surface area contributed by atoms with Gasteiger partial charge in [0.15, 0.2) is 0 Å². The minimum atomic E-state index is -3.67. The maximum atomic E-state index is 12.8. The SMILES string of the molecule is CCCCCCCCCCCCCCCCCCN(CCCCCCCCCCCCCCCCCC)C(=O)NS(=O)(=O)CCCl. The molecule has 0 rings (SSSR count). The standard InChI is InChI=1S/C39H79ClN2O3S/c1-3-5-7-9-11-13-15-17-19-21-23-25-27-29-31-33-36-42(39(43)41-46(44,45)38-35-40)37-34-32-30-28-26-24-22-20-18-16-14-12-10-8-6-4-2/h3-38H2,1-2H3,(H,41,43). The van der Waals surface area contributed by atoms with Gasteiger partial charge in [0.25, 0.3) is 0 Å². The molecular formula is C39H79ClN2O3S. The van der Waals surface area contributed by atoms with Crippen LogP contribution in [0.5, 0.6) is 0 Å². The smallest absolute Gasteiger partial charge is 0.324 e. The van der Waals surface area contributed by atoms with Crippen molar-refractivity contribution in [1.29, 1.82) is 0 Å². The average molecular weight is 692 g/mol. The third-order valence-electron chi connectivity index (χ3n) is 9.44. The van der Waals surface area contributed by atoms with Crippen LogP contribution in [0.1, 0.15) is 219 Å². The van der Waals surface area contributed by atoms with Gasteiger partial charge in [0.1, 0.15) is 0 Å². The van der Waals surface area contributed by atoms with Crippen LogP contribution < -0.4 is 4.72 Å². The molecule has 276 valence electrons. The first-order valence-corrected chi connectivity index (χ1v) is 22.5. The van der Waals surface area contributed by atoms with Crippen molar-refractivity contribution < 1.29 is 13.2 Å². The lowest BCUT2D eigenvalue weighted by Gasteiger charge is -2.23. The van der Waals surface area contributed by atoms with E-state index < -0.39 is 16.1 Å². The van der Waals surface area contributed by atoms with Gasteiger partial charge >= 0.3 is 6.03 Å². The zero-order chi connectivity index (χ0) is 33.8.